The van der Waals surface area contributed by atoms with Gasteiger partial charge in [0.1, 0.15) is 0 Å². The number of aryl methyl sites for hydroxylation is 2. The minimum absolute atomic E-state index is 0.645. The number of benzene rings is 2. The standard InChI is InChI=1S/C21H23N5/c1-3-15-9-7-10-16(4-2)20(15)23-19-14-22-25-21(24-19)26-13-12-17-8-5-6-11-18(17)26/h5-11,14H,3-4,12-13H2,1-2H3,(H,23,24,25). The van der Waals surface area contributed by atoms with Gasteiger partial charge in [-0.3, -0.25) is 0 Å². The van der Waals surface area contributed by atoms with Crippen molar-refractivity contribution in [3.05, 3.63) is 65.4 Å². The molecular formula is C21H23N5. The molecule has 2 heterocycles. The van der Waals surface area contributed by atoms with Crippen molar-refractivity contribution in [2.75, 3.05) is 16.8 Å². The van der Waals surface area contributed by atoms with Crippen molar-refractivity contribution in [2.24, 2.45) is 0 Å². The average molecular weight is 345 g/mol. The normalized spacial score (nSPS) is 12.9. The van der Waals surface area contributed by atoms with E-state index in [0.717, 1.165) is 37.3 Å². The molecule has 5 nitrogen and oxygen atoms in total. The minimum atomic E-state index is 0.645. The molecule has 1 N–H and O–H groups in total. The number of fused-ring (bicyclic) bond motifs is 1. The minimum Gasteiger partial charge on any atom is -0.338 e. The first-order chi connectivity index (χ1) is 12.8. The molecule has 0 amide bonds. The van der Waals surface area contributed by atoms with Crippen molar-refractivity contribution >= 4 is 23.1 Å². The highest BCUT2D eigenvalue weighted by Crippen LogP contribution is 2.33. The lowest BCUT2D eigenvalue weighted by molar-refractivity contribution is 0.886. The lowest BCUT2D eigenvalue weighted by Gasteiger charge is -2.18. The van der Waals surface area contributed by atoms with E-state index >= 15 is 0 Å². The second-order valence-electron chi connectivity index (χ2n) is 6.46. The second kappa shape index (κ2) is 7.12. The molecule has 3 aromatic rings. The molecule has 0 fully saturated rings. The molecular weight excluding hydrogens is 322 g/mol. The van der Waals surface area contributed by atoms with Crippen molar-refractivity contribution < 1.29 is 0 Å². The Morgan fingerprint density at radius 2 is 1.77 bits per heavy atom. The number of hydrogen-bond donors (Lipinski definition) is 1. The van der Waals surface area contributed by atoms with Gasteiger partial charge >= 0.3 is 0 Å². The summed E-state index contributed by atoms with van der Waals surface area (Å²) >= 11 is 0. The number of anilines is 4. The van der Waals surface area contributed by atoms with Crippen LogP contribution in [0.1, 0.15) is 30.5 Å². The summed E-state index contributed by atoms with van der Waals surface area (Å²) < 4.78 is 0. The maximum absolute atomic E-state index is 4.74. The van der Waals surface area contributed by atoms with E-state index in [2.05, 4.69) is 76.7 Å². The molecule has 0 saturated carbocycles. The highest BCUT2D eigenvalue weighted by molar-refractivity contribution is 5.68. The molecule has 26 heavy (non-hydrogen) atoms. The zero-order chi connectivity index (χ0) is 17.9. The Hall–Kier alpha value is -2.95. The maximum atomic E-state index is 4.74. The molecule has 0 unspecified atom stereocenters. The van der Waals surface area contributed by atoms with Crippen LogP contribution in [0.3, 0.4) is 0 Å². The largest absolute Gasteiger partial charge is 0.338 e. The van der Waals surface area contributed by atoms with Gasteiger partial charge in [0.25, 0.3) is 5.95 Å². The van der Waals surface area contributed by atoms with Crippen LogP contribution in [0.25, 0.3) is 0 Å². The van der Waals surface area contributed by atoms with Crippen LogP contribution in [0.5, 0.6) is 0 Å². The molecule has 1 aliphatic rings. The van der Waals surface area contributed by atoms with Crippen molar-refractivity contribution in [3.8, 4) is 0 Å². The molecule has 2 aromatic carbocycles. The molecule has 0 radical (unpaired) electrons. The SMILES string of the molecule is CCc1cccc(CC)c1Nc1cnnc(N2CCc3ccccc32)n1. The summed E-state index contributed by atoms with van der Waals surface area (Å²) in [5.41, 5.74) is 6.23. The molecule has 1 aromatic heterocycles. The predicted octanol–water partition coefficient (Wildman–Crippen LogP) is 4.43. The third kappa shape index (κ3) is 3.01. The quantitative estimate of drug-likeness (QED) is 0.741. The Balaban J connectivity index is 1.66. The molecule has 0 aliphatic carbocycles. The van der Waals surface area contributed by atoms with E-state index in [1.165, 1.54) is 22.4 Å². The molecule has 0 spiro atoms. The van der Waals surface area contributed by atoms with E-state index < -0.39 is 0 Å². The van der Waals surface area contributed by atoms with Crippen LogP contribution < -0.4 is 10.2 Å². The first kappa shape index (κ1) is 16.5. The first-order valence-corrected chi connectivity index (χ1v) is 9.23. The van der Waals surface area contributed by atoms with Crippen molar-refractivity contribution in [1.29, 1.82) is 0 Å². The van der Waals surface area contributed by atoms with Crippen molar-refractivity contribution in [2.45, 2.75) is 33.1 Å². The van der Waals surface area contributed by atoms with E-state index in [4.69, 9.17) is 4.98 Å². The lowest BCUT2D eigenvalue weighted by atomic mass is 10.0. The van der Waals surface area contributed by atoms with E-state index in [9.17, 15) is 0 Å². The van der Waals surface area contributed by atoms with Crippen LogP contribution in [-0.2, 0) is 19.3 Å². The van der Waals surface area contributed by atoms with Gasteiger partial charge in [-0.05, 0) is 42.0 Å². The van der Waals surface area contributed by atoms with E-state index in [1.807, 2.05) is 0 Å². The lowest BCUT2D eigenvalue weighted by Crippen LogP contribution is -2.17. The van der Waals surface area contributed by atoms with E-state index in [1.54, 1.807) is 6.20 Å². The fourth-order valence-electron chi connectivity index (χ4n) is 3.55. The highest BCUT2D eigenvalue weighted by atomic mass is 15.3. The van der Waals surface area contributed by atoms with E-state index in [0.29, 0.717) is 5.95 Å². The fraction of sp³-hybridized carbons (Fsp3) is 0.286. The number of hydrogen-bond acceptors (Lipinski definition) is 5. The van der Waals surface area contributed by atoms with Gasteiger partial charge in [0.15, 0.2) is 5.82 Å². The number of nitrogens with one attached hydrogen (secondary N) is 1. The van der Waals surface area contributed by atoms with Gasteiger partial charge in [-0.15, -0.1) is 5.10 Å². The van der Waals surface area contributed by atoms with Crippen LogP contribution in [0.2, 0.25) is 0 Å². The third-order valence-electron chi connectivity index (χ3n) is 4.93. The number of para-hydroxylation sites is 2. The van der Waals surface area contributed by atoms with Crippen LogP contribution in [0.4, 0.5) is 23.1 Å². The number of nitrogens with zero attached hydrogens (tertiary/aromatic N) is 4. The van der Waals surface area contributed by atoms with Crippen LogP contribution in [0.15, 0.2) is 48.7 Å². The Morgan fingerprint density at radius 3 is 2.54 bits per heavy atom. The predicted molar refractivity (Wildman–Crippen MR) is 105 cm³/mol. The summed E-state index contributed by atoms with van der Waals surface area (Å²) in [5.74, 6) is 1.38. The molecule has 132 valence electrons. The Labute approximate surface area is 154 Å². The summed E-state index contributed by atoms with van der Waals surface area (Å²) in [7, 11) is 0. The van der Waals surface area contributed by atoms with Crippen LogP contribution in [0, 0.1) is 0 Å². The number of aromatic nitrogens is 3. The number of rotatable bonds is 5. The van der Waals surface area contributed by atoms with Gasteiger partial charge in [0, 0.05) is 17.9 Å². The molecule has 0 atom stereocenters. The van der Waals surface area contributed by atoms with Gasteiger partial charge < -0.3 is 10.2 Å². The summed E-state index contributed by atoms with van der Waals surface area (Å²) in [5, 5.41) is 12.0. The summed E-state index contributed by atoms with van der Waals surface area (Å²) in [6, 6.07) is 14.9. The molecule has 0 saturated heterocycles. The Kier molecular flexibility index (Phi) is 4.52. The molecule has 1 aliphatic heterocycles. The summed E-state index contributed by atoms with van der Waals surface area (Å²) in [6.45, 7) is 5.23. The third-order valence-corrected chi connectivity index (χ3v) is 4.93. The van der Waals surface area contributed by atoms with Gasteiger partial charge in [0.2, 0.25) is 0 Å². The highest BCUT2D eigenvalue weighted by Gasteiger charge is 2.22. The Bertz CT molecular complexity index is 900. The van der Waals surface area contributed by atoms with E-state index in [-0.39, 0.29) is 0 Å². The topological polar surface area (TPSA) is 53.9 Å². The monoisotopic (exact) mass is 345 g/mol. The molecule has 0 bridgehead atoms. The first-order valence-electron chi connectivity index (χ1n) is 9.23. The maximum Gasteiger partial charge on any atom is 0.251 e. The summed E-state index contributed by atoms with van der Waals surface area (Å²) in [6.07, 6.45) is 4.65. The van der Waals surface area contributed by atoms with Crippen molar-refractivity contribution in [3.63, 3.8) is 0 Å². The van der Waals surface area contributed by atoms with Gasteiger partial charge in [-0.25, -0.2) is 0 Å². The van der Waals surface area contributed by atoms with Gasteiger partial charge in [-0.1, -0.05) is 50.2 Å². The average Bonchev–Trinajstić information content (AvgIpc) is 3.12. The summed E-state index contributed by atoms with van der Waals surface area (Å²) in [4.78, 5) is 6.88. The second-order valence-corrected chi connectivity index (χ2v) is 6.46. The zero-order valence-electron chi connectivity index (χ0n) is 15.2. The zero-order valence-corrected chi connectivity index (χ0v) is 15.2. The fourth-order valence-corrected chi connectivity index (χ4v) is 3.55. The van der Waals surface area contributed by atoms with Gasteiger partial charge in [0.05, 0.1) is 6.20 Å². The Morgan fingerprint density at radius 1 is 1.00 bits per heavy atom. The molecule has 4 rings (SSSR count). The van der Waals surface area contributed by atoms with Crippen molar-refractivity contribution in [1.82, 2.24) is 15.2 Å². The van der Waals surface area contributed by atoms with Gasteiger partial charge in [-0.2, -0.15) is 10.1 Å². The molecule has 5 heteroatoms. The smallest absolute Gasteiger partial charge is 0.251 e. The van der Waals surface area contributed by atoms with Crippen LogP contribution >= 0.6 is 0 Å². The van der Waals surface area contributed by atoms with Crippen LogP contribution in [-0.4, -0.2) is 21.7 Å².